The number of hydrogen-bond donors (Lipinski definition) is 2. The first kappa shape index (κ1) is 13.1. The fraction of sp³-hybridized carbons (Fsp3) is 0.111. The summed E-state index contributed by atoms with van der Waals surface area (Å²) in [4.78, 5) is 11.4. The van der Waals surface area contributed by atoms with Crippen molar-refractivity contribution in [3.05, 3.63) is 43.5 Å². The first-order valence-electron chi connectivity index (χ1n) is 4.57. The topological polar surface area (TPSA) is 53.6 Å². The molecule has 2 N–H and O–H groups in total. The summed E-state index contributed by atoms with van der Waals surface area (Å²) >= 11 is 7.73. The van der Waals surface area contributed by atoms with Crippen molar-refractivity contribution < 1.29 is 13.2 Å². The van der Waals surface area contributed by atoms with Gasteiger partial charge in [0.1, 0.15) is 0 Å². The molecule has 1 aromatic carbocycles. The molecule has 2 aromatic rings. The molecule has 0 unspecified atom stereocenters. The second-order valence-electron chi connectivity index (χ2n) is 3.35. The zero-order valence-corrected chi connectivity index (χ0v) is 10.9. The zero-order valence-electron chi connectivity index (χ0n) is 8.51. The maximum Gasteiger partial charge on any atom is 0.418 e. The van der Waals surface area contributed by atoms with Gasteiger partial charge in [0.2, 0.25) is 4.77 Å². The summed E-state index contributed by atoms with van der Waals surface area (Å²) in [6.45, 7) is 0. The van der Waals surface area contributed by atoms with E-state index in [9.17, 15) is 18.0 Å². The average Bonchev–Trinajstić information content (AvgIpc) is 2.58. The van der Waals surface area contributed by atoms with Gasteiger partial charge in [-0.2, -0.15) is 13.2 Å². The lowest BCUT2D eigenvalue weighted by Gasteiger charge is -2.12. The number of H-pyrrole nitrogens is 2. The molecule has 2 rings (SSSR count). The number of halogens is 4. The van der Waals surface area contributed by atoms with E-state index in [2.05, 4.69) is 26.1 Å². The number of aromatic amines is 2. The van der Waals surface area contributed by atoms with E-state index >= 15 is 0 Å². The standard InChI is InChI=1S/C9H5BrF3N3OS/c10-4-1-2-6(5(3-4)9(11,12)13)16-7(17)14-15-8(16)18/h1-3H,(H,14,17)(H,15,18). The van der Waals surface area contributed by atoms with E-state index in [0.717, 1.165) is 10.6 Å². The van der Waals surface area contributed by atoms with Gasteiger partial charge in [-0.05, 0) is 30.4 Å². The maximum absolute atomic E-state index is 12.9. The molecule has 0 fully saturated rings. The van der Waals surface area contributed by atoms with Crippen LogP contribution in [0.15, 0.2) is 27.5 Å². The van der Waals surface area contributed by atoms with Gasteiger partial charge < -0.3 is 0 Å². The summed E-state index contributed by atoms with van der Waals surface area (Å²) in [6.07, 6.45) is -4.59. The lowest BCUT2D eigenvalue weighted by Crippen LogP contribution is -2.19. The number of benzene rings is 1. The van der Waals surface area contributed by atoms with E-state index in [-0.39, 0.29) is 14.9 Å². The number of rotatable bonds is 1. The predicted molar refractivity (Wildman–Crippen MR) is 64.3 cm³/mol. The Bertz CT molecular complexity index is 673. The molecule has 18 heavy (non-hydrogen) atoms. The van der Waals surface area contributed by atoms with Crippen molar-refractivity contribution in [1.29, 1.82) is 0 Å². The third-order valence-corrected chi connectivity index (χ3v) is 2.97. The monoisotopic (exact) mass is 339 g/mol. The van der Waals surface area contributed by atoms with Crippen LogP contribution in [-0.4, -0.2) is 14.8 Å². The lowest BCUT2D eigenvalue weighted by molar-refractivity contribution is -0.137. The summed E-state index contributed by atoms with van der Waals surface area (Å²) in [5, 5.41) is 4.42. The Kier molecular flexibility index (Phi) is 3.20. The van der Waals surface area contributed by atoms with E-state index < -0.39 is 17.4 Å². The van der Waals surface area contributed by atoms with Gasteiger partial charge in [-0.25, -0.2) is 14.5 Å². The lowest BCUT2D eigenvalue weighted by atomic mass is 10.1. The van der Waals surface area contributed by atoms with E-state index in [1.165, 1.54) is 12.1 Å². The highest BCUT2D eigenvalue weighted by Gasteiger charge is 2.34. The highest BCUT2D eigenvalue weighted by molar-refractivity contribution is 9.10. The predicted octanol–water partition coefficient (Wildman–Crippen LogP) is 3.00. The second-order valence-corrected chi connectivity index (χ2v) is 4.66. The van der Waals surface area contributed by atoms with Crippen molar-refractivity contribution in [2.24, 2.45) is 0 Å². The van der Waals surface area contributed by atoms with Crippen molar-refractivity contribution in [1.82, 2.24) is 14.8 Å². The van der Waals surface area contributed by atoms with Gasteiger partial charge in [0.05, 0.1) is 11.3 Å². The summed E-state index contributed by atoms with van der Waals surface area (Å²) in [6, 6.07) is 3.47. The fourth-order valence-electron chi connectivity index (χ4n) is 1.46. The smallest absolute Gasteiger partial charge is 0.272 e. The molecule has 0 aliphatic carbocycles. The van der Waals surface area contributed by atoms with Crippen molar-refractivity contribution in [3.8, 4) is 5.69 Å². The van der Waals surface area contributed by atoms with Crippen molar-refractivity contribution in [3.63, 3.8) is 0 Å². The minimum atomic E-state index is -4.59. The van der Waals surface area contributed by atoms with Gasteiger partial charge in [-0.3, -0.25) is 5.10 Å². The molecule has 0 atom stereocenters. The minimum Gasteiger partial charge on any atom is -0.272 e. The highest BCUT2D eigenvalue weighted by Crippen LogP contribution is 2.35. The van der Waals surface area contributed by atoms with Gasteiger partial charge in [0.15, 0.2) is 0 Å². The maximum atomic E-state index is 12.9. The molecule has 1 heterocycles. The van der Waals surface area contributed by atoms with Crippen LogP contribution in [-0.2, 0) is 6.18 Å². The van der Waals surface area contributed by atoms with Gasteiger partial charge in [-0.1, -0.05) is 15.9 Å². The van der Waals surface area contributed by atoms with Crippen LogP contribution in [0.25, 0.3) is 5.69 Å². The van der Waals surface area contributed by atoms with Gasteiger partial charge in [0.25, 0.3) is 0 Å². The zero-order chi connectivity index (χ0) is 13.5. The van der Waals surface area contributed by atoms with Gasteiger partial charge in [0, 0.05) is 4.47 Å². The van der Waals surface area contributed by atoms with Crippen molar-refractivity contribution >= 4 is 28.1 Å². The summed E-state index contributed by atoms with van der Waals surface area (Å²) in [5.74, 6) is 0. The summed E-state index contributed by atoms with van der Waals surface area (Å²) in [5.41, 5.74) is -2.02. The Balaban J connectivity index is 2.81. The van der Waals surface area contributed by atoms with Gasteiger partial charge >= 0.3 is 11.9 Å². The number of alkyl halides is 3. The Hall–Kier alpha value is -1.35. The molecular formula is C9H5BrF3N3OS. The first-order chi connectivity index (χ1) is 8.30. The van der Waals surface area contributed by atoms with Gasteiger partial charge in [-0.15, -0.1) is 0 Å². The molecular weight excluding hydrogens is 335 g/mol. The molecule has 96 valence electrons. The van der Waals surface area contributed by atoms with Crippen LogP contribution in [0.1, 0.15) is 5.56 Å². The molecule has 0 saturated heterocycles. The second kappa shape index (κ2) is 4.39. The highest BCUT2D eigenvalue weighted by atomic mass is 79.9. The number of nitrogens with zero attached hydrogens (tertiary/aromatic N) is 1. The third kappa shape index (κ3) is 2.27. The van der Waals surface area contributed by atoms with E-state index in [0.29, 0.717) is 0 Å². The Labute approximate surface area is 112 Å². The van der Waals surface area contributed by atoms with Crippen LogP contribution < -0.4 is 5.69 Å². The molecule has 4 nitrogen and oxygen atoms in total. The molecule has 0 aliphatic rings. The molecule has 9 heteroatoms. The Morgan fingerprint density at radius 2 is 1.94 bits per heavy atom. The SMILES string of the molecule is O=c1[nH][nH]c(=S)n1-c1ccc(Br)cc1C(F)(F)F. The molecule has 0 aliphatic heterocycles. The van der Waals surface area contributed by atoms with Crippen LogP contribution in [0.3, 0.4) is 0 Å². The van der Waals surface area contributed by atoms with Crippen LogP contribution in [0.2, 0.25) is 0 Å². The van der Waals surface area contributed by atoms with Crippen LogP contribution >= 0.6 is 28.1 Å². The Morgan fingerprint density at radius 3 is 2.44 bits per heavy atom. The molecule has 0 bridgehead atoms. The molecule has 1 aromatic heterocycles. The number of hydrogen-bond acceptors (Lipinski definition) is 2. The third-order valence-electron chi connectivity index (χ3n) is 2.19. The molecule has 0 spiro atoms. The molecule has 0 amide bonds. The van der Waals surface area contributed by atoms with Crippen molar-refractivity contribution in [2.45, 2.75) is 6.18 Å². The fourth-order valence-corrected chi connectivity index (χ4v) is 2.05. The largest absolute Gasteiger partial charge is 0.418 e. The van der Waals surface area contributed by atoms with Crippen molar-refractivity contribution in [2.75, 3.05) is 0 Å². The molecule has 0 radical (unpaired) electrons. The van der Waals surface area contributed by atoms with Crippen LogP contribution in [0.5, 0.6) is 0 Å². The van der Waals surface area contributed by atoms with Crippen LogP contribution in [0, 0.1) is 4.77 Å². The van der Waals surface area contributed by atoms with E-state index in [4.69, 9.17) is 12.2 Å². The summed E-state index contributed by atoms with van der Waals surface area (Å²) in [7, 11) is 0. The minimum absolute atomic E-state index is 0.132. The normalized spacial score (nSPS) is 11.8. The Morgan fingerprint density at radius 1 is 1.28 bits per heavy atom. The number of aromatic nitrogens is 3. The first-order valence-corrected chi connectivity index (χ1v) is 5.77. The summed E-state index contributed by atoms with van der Waals surface area (Å²) < 4.78 is 39.6. The van der Waals surface area contributed by atoms with Crippen LogP contribution in [0.4, 0.5) is 13.2 Å². The number of nitrogens with one attached hydrogen (secondary N) is 2. The van der Waals surface area contributed by atoms with E-state index in [1.807, 2.05) is 0 Å². The quantitative estimate of drug-likeness (QED) is 0.784. The molecule has 0 saturated carbocycles. The average molecular weight is 340 g/mol. The van der Waals surface area contributed by atoms with E-state index in [1.54, 1.807) is 0 Å².